The first-order valence-corrected chi connectivity index (χ1v) is 9.46. The molecule has 1 atom stereocenters. The smallest absolute Gasteiger partial charge is 0.351 e. The lowest BCUT2D eigenvalue weighted by Gasteiger charge is -2.35. The number of nitrogens with one attached hydrogen (secondary N) is 1. The van der Waals surface area contributed by atoms with Crippen LogP contribution >= 0.6 is 22.9 Å². The number of aromatic amines is 1. The maximum atomic E-state index is 11.8. The fourth-order valence-electron chi connectivity index (χ4n) is 3.39. The van der Waals surface area contributed by atoms with Crippen LogP contribution in [0.4, 0.5) is 5.13 Å². The Hall–Kier alpha value is -2.05. The van der Waals surface area contributed by atoms with E-state index in [-0.39, 0.29) is 11.2 Å². The van der Waals surface area contributed by atoms with Gasteiger partial charge in [0.2, 0.25) is 0 Å². The summed E-state index contributed by atoms with van der Waals surface area (Å²) in [7, 11) is 1.35. The van der Waals surface area contributed by atoms with Gasteiger partial charge in [0.15, 0.2) is 15.2 Å². The monoisotopic (exact) mass is 375 g/mol. The van der Waals surface area contributed by atoms with Gasteiger partial charge in [0.25, 0.3) is 0 Å². The molecule has 7 heteroatoms. The van der Waals surface area contributed by atoms with Gasteiger partial charge in [-0.05, 0) is 36.8 Å². The van der Waals surface area contributed by atoms with Crippen molar-refractivity contribution < 1.29 is 9.53 Å². The predicted molar refractivity (Wildman–Crippen MR) is 101 cm³/mol. The zero-order valence-electron chi connectivity index (χ0n) is 13.8. The fourth-order valence-corrected chi connectivity index (χ4v) is 4.67. The molecule has 3 aromatic rings. The highest BCUT2D eigenvalue weighted by Gasteiger charge is 2.29. The van der Waals surface area contributed by atoms with Crippen molar-refractivity contribution in [3.8, 4) is 0 Å². The number of rotatable bonds is 3. The summed E-state index contributed by atoms with van der Waals surface area (Å²) in [5, 5.41) is 2.19. The zero-order valence-corrected chi connectivity index (χ0v) is 15.4. The average molecular weight is 376 g/mol. The number of aromatic nitrogens is 2. The number of methoxy groups -OCH3 is 1. The van der Waals surface area contributed by atoms with Crippen LogP contribution in [0.25, 0.3) is 10.9 Å². The third kappa shape index (κ3) is 3.00. The molecule has 0 aliphatic carbocycles. The molecule has 3 heterocycles. The fraction of sp³-hybridized carbons (Fsp3) is 0.333. The number of esters is 1. The van der Waals surface area contributed by atoms with Gasteiger partial charge >= 0.3 is 5.97 Å². The van der Waals surface area contributed by atoms with E-state index in [0.29, 0.717) is 4.88 Å². The number of hydrogen-bond donors (Lipinski definition) is 1. The lowest BCUT2D eigenvalue weighted by atomic mass is 10.00. The Morgan fingerprint density at radius 2 is 2.24 bits per heavy atom. The van der Waals surface area contributed by atoms with Crippen molar-refractivity contribution in [1.29, 1.82) is 0 Å². The second kappa shape index (κ2) is 6.69. The number of hydrogen-bond acceptors (Lipinski definition) is 5. The summed E-state index contributed by atoms with van der Waals surface area (Å²) in [6.45, 7) is 0.893. The van der Waals surface area contributed by atoms with E-state index in [1.807, 2.05) is 12.1 Å². The Labute approximate surface area is 154 Å². The molecule has 2 aromatic heterocycles. The molecular weight excluding hydrogens is 358 g/mol. The summed E-state index contributed by atoms with van der Waals surface area (Å²) < 4.78 is 4.79. The van der Waals surface area contributed by atoms with Crippen molar-refractivity contribution in [2.75, 3.05) is 18.6 Å². The molecule has 0 spiro atoms. The first kappa shape index (κ1) is 16.4. The maximum Gasteiger partial charge on any atom is 0.351 e. The normalized spacial score (nSPS) is 17.8. The number of nitrogens with zero attached hydrogens (tertiary/aromatic N) is 2. The minimum atomic E-state index is -0.437. The summed E-state index contributed by atoms with van der Waals surface area (Å²) >= 11 is 7.46. The van der Waals surface area contributed by atoms with Crippen LogP contribution in [0.3, 0.4) is 0 Å². The summed E-state index contributed by atoms with van der Waals surface area (Å²) in [4.78, 5) is 22.4. The van der Waals surface area contributed by atoms with Gasteiger partial charge in [-0.2, -0.15) is 0 Å². The molecule has 1 aliphatic heterocycles. The van der Waals surface area contributed by atoms with E-state index in [0.717, 1.165) is 30.0 Å². The lowest BCUT2D eigenvalue weighted by molar-refractivity contribution is 0.0606. The molecule has 1 saturated heterocycles. The summed E-state index contributed by atoms with van der Waals surface area (Å²) in [6.07, 6.45) is 3.30. The van der Waals surface area contributed by atoms with E-state index in [4.69, 9.17) is 16.3 Å². The van der Waals surface area contributed by atoms with Gasteiger partial charge < -0.3 is 14.6 Å². The molecule has 0 amide bonds. The largest absolute Gasteiger partial charge is 0.465 e. The van der Waals surface area contributed by atoms with E-state index in [1.165, 1.54) is 35.9 Å². The number of H-pyrrole nitrogens is 1. The molecule has 5 nitrogen and oxygen atoms in total. The SMILES string of the molecule is COC(=O)c1sc(N2CCCCC2c2cc3ccccc3[nH]2)nc1Cl. The third-order valence-corrected chi connectivity index (χ3v) is 6.06. The van der Waals surface area contributed by atoms with Crippen molar-refractivity contribution in [2.45, 2.75) is 25.3 Å². The number of ether oxygens (including phenoxy) is 1. The van der Waals surface area contributed by atoms with Crippen LogP contribution < -0.4 is 4.90 Å². The Bertz CT molecular complexity index is 887. The average Bonchev–Trinajstić information content (AvgIpc) is 3.24. The van der Waals surface area contributed by atoms with Gasteiger partial charge in [-0.25, -0.2) is 9.78 Å². The number of carbonyl (C=O) groups is 1. The minimum absolute atomic E-state index is 0.203. The zero-order chi connectivity index (χ0) is 17.4. The number of benzene rings is 1. The molecule has 1 N–H and O–H groups in total. The Kier molecular flexibility index (Phi) is 4.39. The number of piperidine rings is 1. The first-order valence-electron chi connectivity index (χ1n) is 8.26. The highest BCUT2D eigenvalue weighted by atomic mass is 35.5. The standard InChI is InChI=1S/C18H18ClN3O2S/c1-24-17(23)15-16(19)21-18(25-15)22-9-5-4-8-14(22)13-10-11-6-2-3-7-12(11)20-13/h2-3,6-7,10,14,20H,4-5,8-9H2,1H3. The molecule has 0 radical (unpaired) electrons. The molecule has 0 bridgehead atoms. The molecule has 25 heavy (non-hydrogen) atoms. The molecule has 0 saturated carbocycles. The van der Waals surface area contributed by atoms with Crippen LogP contribution in [-0.4, -0.2) is 29.6 Å². The topological polar surface area (TPSA) is 58.2 Å². The molecule has 1 fully saturated rings. The lowest BCUT2D eigenvalue weighted by Crippen LogP contribution is -2.33. The summed E-state index contributed by atoms with van der Waals surface area (Å²) in [5.74, 6) is -0.437. The Morgan fingerprint density at radius 3 is 3.04 bits per heavy atom. The van der Waals surface area contributed by atoms with E-state index < -0.39 is 5.97 Å². The number of fused-ring (bicyclic) bond motifs is 1. The van der Waals surface area contributed by atoms with Crippen molar-refractivity contribution in [2.24, 2.45) is 0 Å². The predicted octanol–water partition coefficient (Wildman–Crippen LogP) is 4.80. The number of anilines is 1. The van der Waals surface area contributed by atoms with Crippen LogP contribution in [0.5, 0.6) is 0 Å². The molecular formula is C18H18ClN3O2S. The van der Waals surface area contributed by atoms with Gasteiger partial charge in [0.05, 0.1) is 13.2 Å². The minimum Gasteiger partial charge on any atom is -0.465 e. The second-order valence-electron chi connectivity index (χ2n) is 6.12. The molecule has 1 aliphatic rings. The van der Waals surface area contributed by atoms with Gasteiger partial charge in [-0.1, -0.05) is 41.1 Å². The highest BCUT2D eigenvalue weighted by Crippen LogP contribution is 2.39. The van der Waals surface area contributed by atoms with Crippen LogP contribution in [0.1, 0.15) is 40.7 Å². The van der Waals surface area contributed by atoms with Crippen molar-refractivity contribution in [3.05, 3.63) is 46.1 Å². The van der Waals surface area contributed by atoms with Crippen LogP contribution in [0.2, 0.25) is 5.15 Å². The van der Waals surface area contributed by atoms with Gasteiger partial charge in [0.1, 0.15) is 0 Å². The Morgan fingerprint density at radius 1 is 1.40 bits per heavy atom. The second-order valence-corrected chi connectivity index (χ2v) is 7.46. The van der Waals surface area contributed by atoms with E-state index in [1.54, 1.807) is 0 Å². The summed E-state index contributed by atoms with van der Waals surface area (Å²) in [6, 6.07) is 10.7. The van der Waals surface area contributed by atoms with Gasteiger partial charge in [-0.3, -0.25) is 0 Å². The molecule has 130 valence electrons. The number of thiazole rings is 1. The van der Waals surface area contributed by atoms with Gasteiger partial charge in [0, 0.05) is 17.8 Å². The van der Waals surface area contributed by atoms with Crippen molar-refractivity contribution in [3.63, 3.8) is 0 Å². The molecule has 1 unspecified atom stereocenters. The van der Waals surface area contributed by atoms with Gasteiger partial charge in [-0.15, -0.1) is 0 Å². The third-order valence-electron chi connectivity index (χ3n) is 4.60. The van der Waals surface area contributed by atoms with Crippen LogP contribution in [0, 0.1) is 0 Å². The summed E-state index contributed by atoms with van der Waals surface area (Å²) in [5.41, 5.74) is 2.31. The van der Waals surface area contributed by atoms with Crippen molar-refractivity contribution in [1.82, 2.24) is 9.97 Å². The van der Waals surface area contributed by atoms with Crippen molar-refractivity contribution >= 4 is 44.9 Å². The number of halogens is 1. The van der Waals surface area contributed by atoms with E-state index >= 15 is 0 Å². The van der Waals surface area contributed by atoms with E-state index in [2.05, 4.69) is 33.1 Å². The maximum absolute atomic E-state index is 11.8. The quantitative estimate of drug-likeness (QED) is 0.668. The Balaban J connectivity index is 1.70. The molecule has 4 rings (SSSR count). The number of carbonyl (C=O) groups excluding carboxylic acids is 1. The first-order chi connectivity index (χ1) is 12.2. The van der Waals surface area contributed by atoms with Crippen LogP contribution in [-0.2, 0) is 4.74 Å². The molecule has 1 aromatic carbocycles. The van der Waals surface area contributed by atoms with E-state index in [9.17, 15) is 4.79 Å². The number of para-hydroxylation sites is 1. The highest BCUT2D eigenvalue weighted by molar-refractivity contribution is 7.18. The van der Waals surface area contributed by atoms with Crippen LogP contribution in [0.15, 0.2) is 30.3 Å².